The number of aliphatic imine (C=N–C) groups is 1. The SMILES string of the molecule is CCOC(=O)C(N)CSc1ccc(Oc2c(F)cnc(Oc3cc(C#N)ccc3O)c2F)c(C2=NCCN2C)c1. The van der Waals surface area contributed by atoms with Crippen LogP contribution in [0.4, 0.5) is 8.78 Å². The molecule has 13 heteroatoms. The van der Waals surface area contributed by atoms with Gasteiger partial charge in [-0.05, 0) is 37.3 Å². The van der Waals surface area contributed by atoms with Gasteiger partial charge >= 0.3 is 5.97 Å². The van der Waals surface area contributed by atoms with Crippen LogP contribution in [-0.2, 0) is 9.53 Å². The summed E-state index contributed by atoms with van der Waals surface area (Å²) in [5.74, 6) is -4.02. The van der Waals surface area contributed by atoms with Crippen molar-refractivity contribution in [2.45, 2.75) is 17.9 Å². The zero-order valence-electron chi connectivity index (χ0n) is 21.6. The van der Waals surface area contributed by atoms with Gasteiger partial charge in [0, 0.05) is 30.3 Å². The minimum Gasteiger partial charge on any atom is -0.504 e. The van der Waals surface area contributed by atoms with Gasteiger partial charge < -0.3 is 30.0 Å². The van der Waals surface area contributed by atoms with E-state index in [9.17, 15) is 14.3 Å². The van der Waals surface area contributed by atoms with Gasteiger partial charge in [-0.2, -0.15) is 9.65 Å². The summed E-state index contributed by atoms with van der Waals surface area (Å²) in [5.41, 5.74) is 6.53. The molecule has 40 heavy (non-hydrogen) atoms. The molecule has 3 N–H and O–H groups in total. The molecule has 1 aliphatic heterocycles. The number of phenolic OH excluding ortho intramolecular Hbond substituents is 1. The predicted octanol–water partition coefficient (Wildman–Crippen LogP) is 4.20. The lowest BCUT2D eigenvalue weighted by molar-refractivity contribution is -0.144. The molecule has 4 rings (SSSR count). The number of aromatic nitrogens is 1. The number of likely N-dealkylation sites (N-methyl/N-ethyl adjacent to an activating group) is 1. The van der Waals surface area contributed by atoms with E-state index < -0.39 is 35.3 Å². The molecule has 0 aliphatic carbocycles. The van der Waals surface area contributed by atoms with Gasteiger partial charge in [0.2, 0.25) is 11.6 Å². The van der Waals surface area contributed by atoms with Crippen molar-refractivity contribution in [3.8, 4) is 34.9 Å². The Kier molecular flexibility index (Phi) is 9.03. The Hall–Kier alpha value is -4.41. The lowest BCUT2D eigenvalue weighted by Crippen LogP contribution is -2.34. The summed E-state index contributed by atoms with van der Waals surface area (Å²) in [6, 6.07) is 9.72. The fourth-order valence-electron chi connectivity index (χ4n) is 3.67. The number of hydrogen-bond acceptors (Lipinski definition) is 11. The minimum absolute atomic E-state index is 0.107. The molecule has 3 aromatic rings. The highest BCUT2D eigenvalue weighted by Crippen LogP contribution is 2.38. The number of nitrogens with zero attached hydrogens (tertiary/aromatic N) is 4. The maximum Gasteiger partial charge on any atom is 0.323 e. The minimum atomic E-state index is -1.26. The molecule has 2 heterocycles. The van der Waals surface area contributed by atoms with Gasteiger partial charge in [0.05, 0.1) is 36.5 Å². The third-order valence-corrected chi connectivity index (χ3v) is 6.79. The Bertz CT molecular complexity index is 1500. The summed E-state index contributed by atoms with van der Waals surface area (Å²) in [5, 5.41) is 19.1. The number of nitriles is 1. The summed E-state index contributed by atoms with van der Waals surface area (Å²) in [4.78, 5) is 22.6. The summed E-state index contributed by atoms with van der Waals surface area (Å²) in [6.07, 6.45) is 0.721. The van der Waals surface area contributed by atoms with E-state index in [1.54, 1.807) is 19.1 Å². The second kappa shape index (κ2) is 12.6. The van der Waals surface area contributed by atoms with Crippen LogP contribution in [0, 0.1) is 23.0 Å². The molecule has 0 saturated carbocycles. The largest absolute Gasteiger partial charge is 0.504 e. The zero-order valence-corrected chi connectivity index (χ0v) is 22.4. The van der Waals surface area contributed by atoms with Crippen molar-refractivity contribution < 1.29 is 32.9 Å². The normalized spacial score (nSPS) is 13.4. The second-order valence-electron chi connectivity index (χ2n) is 8.51. The van der Waals surface area contributed by atoms with Crippen LogP contribution in [0.2, 0.25) is 0 Å². The van der Waals surface area contributed by atoms with Crippen LogP contribution in [0.15, 0.2) is 52.5 Å². The number of phenols is 1. The van der Waals surface area contributed by atoms with E-state index in [1.807, 2.05) is 18.0 Å². The fourth-order valence-corrected chi connectivity index (χ4v) is 4.54. The van der Waals surface area contributed by atoms with Crippen molar-refractivity contribution in [3.05, 3.63) is 65.4 Å². The molecule has 0 spiro atoms. The molecule has 0 bridgehead atoms. The van der Waals surface area contributed by atoms with Crippen LogP contribution in [0.25, 0.3) is 0 Å². The number of nitrogens with two attached hydrogens (primary N) is 1. The van der Waals surface area contributed by atoms with E-state index >= 15 is 4.39 Å². The molecule has 0 radical (unpaired) electrons. The number of halogens is 2. The van der Waals surface area contributed by atoms with Crippen LogP contribution in [0.3, 0.4) is 0 Å². The van der Waals surface area contributed by atoms with E-state index in [0.29, 0.717) is 24.5 Å². The molecule has 0 fully saturated rings. The van der Waals surface area contributed by atoms with Gasteiger partial charge in [-0.1, -0.05) is 0 Å². The number of hydrogen-bond donors (Lipinski definition) is 2. The molecule has 0 saturated heterocycles. The number of amidine groups is 1. The van der Waals surface area contributed by atoms with Crippen molar-refractivity contribution in [1.29, 1.82) is 5.26 Å². The van der Waals surface area contributed by atoms with Gasteiger partial charge in [0.25, 0.3) is 5.88 Å². The number of carbonyl (C=O) groups excluding carboxylic acids is 1. The summed E-state index contributed by atoms with van der Waals surface area (Å²) >= 11 is 1.31. The first-order valence-corrected chi connectivity index (χ1v) is 13.1. The highest BCUT2D eigenvalue weighted by molar-refractivity contribution is 7.99. The third-order valence-electron chi connectivity index (χ3n) is 5.68. The lowest BCUT2D eigenvalue weighted by atomic mass is 10.1. The summed E-state index contributed by atoms with van der Waals surface area (Å²) in [7, 11) is 1.83. The molecule has 1 atom stereocenters. The van der Waals surface area contributed by atoms with E-state index in [2.05, 4.69) is 9.98 Å². The predicted molar refractivity (Wildman–Crippen MR) is 143 cm³/mol. The van der Waals surface area contributed by atoms with Gasteiger partial charge in [0.1, 0.15) is 17.6 Å². The van der Waals surface area contributed by atoms with Gasteiger partial charge in [-0.25, -0.2) is 9.37 Å². The Labute approximate surface area is 233 Å². The first-order chi connectivity index (χ1) is 19.2. The Morgan fingerprint density at radius 3 is 2.75 bits per heavy atom. The van der Waals surface area contributed by atoms with Crippen molar-refractivity contribution in [3.63, 3.8) is 0 Å². The van der Waals surface area contributed by atoms with Crippen molar-refractivity contribution >= 4 is 23.6 Å². The number of esters is 1. The smallest absolute Gasteiger partial charge is 0.323 e. The first-order valence-electron chi connectivity index (χ1n) is 12.1. The molecule has 1 aliphatic rings. The van der Waals surface area contributed by atoms with E-state index in [0.717, 1.165) is 11.1 Å². The third kappa shape index (κ3) is 6.41. The first kappa shape index (κ1) is 28.6. The monoisotopic (exact) mass is 569 g/mol. The van der Waals surface area contributed by atoms with E-state index in [4.69, 9.17) is 25.2 Å². The molecule has 0 amide bonds. The number of benzene rings is 2. The quantitative estimate of drug-likeness (QED) is 0.269. The van der Waals surface area contributed by atoms with Crippen LogP contribution in [0.5, 0.6) is 28.9 Å². The van der Waals surface area contributed by atoms with Crippen molar-refractivity contribution in [2.75, 3.05) is 32.5 Å². The number of aromatic hydroxyl groups is 1. The van der Waals surface area contributed by atoms with Crippen LogP contribution in [0.1, 0.15) is 18.1 Å². The van der Waals surface area contributed by atoms with Gasteiger partial charge in [-0.15, -0.1) is 11.8 Å². The molecule has 1 unspecified atom stereocenters. The maximum atomic E-state index is 15.4. The topological polar surface area (TPSA) is 143 Å². The maximum absolute atomic E-state index is 15.4. The lowest BCUT2D eigenvalue weighted by Gasteiger charge is -2.19. The van der Waals surface area contributed by atoms with Crippen LogP contribution < -0.4 is 15.2 Å². The number of rotatable bonds is 10. The number of carbonyl (C=O) groups is 1. The van der Waals surface area contributed by atoms with Gasteiger partial charge in [-0.3, -0.25) is 9.79 Å². The average Bonchev–Trinajstić information content (AvgIpc) is 3.38. The average molecular weight is 570 g/mol. The van der Waals surface area contributed by atoms with Gasteiger partial charge in [0.15, 0.2) is 17.3 Å². The summed E-state index contributed by atoms with van der Waals surface area (Å²) in [6.45, 7) is 3.09. The second-order valence-corrected chi connectivity index (χ2v) is 9.60. The zero-order chi connectivity index (χ0) is 28.8. The molecule has 10 nitrogen and oxygen atoms in total. The Morgan fingerprint density at radius 2 is 2.05 bits per heavy atom. The van der Waals surface area contributed by atoms with E-state index in [-0.39, 0.29) is 35.2 Å². The molecule has 208 valence electrons. The van der Waals surface area contributed by atoms with Crippen LogP contribution >= 0.6 is 11.8 Å². The van der Waals surface area contributed by atoms with Crippen LogP contribution in [-0.4, -0.2) is 65.3 Å². The van der Waals surface area contributed by atoms with Crippen molar-refractivity contribution in [2.24, 2.45) is 10.7 Å². The van der Waals surface area contributed by atoms with Crippen molar-refractivity contribution in [1.82, 2.24) is 9.88 Å². The Morgan fingerprint density at radius 1 is 1.25 bits per heavy atom. The highest BCUT2D eigenvalue weighted by atomic mass is 32.2. The molecular weight excluding hydrogens is 544 g/mol. The summed E-state index contributed by atoms with van der Waals surface area (Å²) < 4.78 is 46.3. The number of ether oxygens (including phenoxy) is 3. The molecule has 1 aromatic heterocycles. The van der Waals surface area contributed by atoms with E-state index in [1.165, 1.54) is 36.0 Å². The molecule has 2 aromatic carbocycles. The number of thioether (sulfide) groups is 1. The Balaban J connectivity index is 1.65. The standard InChI is InChI=1S/C27H25F2N5O5S/c1-3-37-27(36)19(31)14-40-16-5-7-21(17(11-16)25-32-8-9-34(25)2)38-24-18(28)13-33-26(23(24)29)39-22-10-15(12-30)4-6-20(22)35/h4-7,10-11,13,19,35H,3,8-9,14,31H2,1-2H3. The molecular formula is C27H25F2N5O5S. The fraction of sp³-hybridized carbons (Fsp3) is 0.259. The highest BCUT2D eigenvalue weighted by Gasteiger charge is 2.25. The number of pyridine rings is 1.